The molecule has 1 aromatic rings. The van der Waals surface area contributed by atoms with E-state index in [-0.39, 0.29) is 34.8 Å². The van der Waals surface area contributed by atoms with E-state index in [4.69, 9.17) is 9.73 Å². The third-order valence-corrected chi connectivity index (χ3v) is 6.26. The van der Waals surface area contributed by atoms with Gasteiger partial charge < -0.3 is 15.0 Å². The summed E-state index contributed by atoms with van der Waals surface area (Å²) in [6, 6.07) is 10.0. The van der Waals surface area contributed by atoms with Crippen LogP contribution in [0.25, 0.3) is 0 Å². The number of aliphatic imine (C=N–C) groups is 1. The zero-order valence-corrected chi connectivity index (χ0v) is 20.1. The first kappa shape index (κ1) is 24.2. The van der Waals surface area contributed by atoms with Crippen LogP contribution in [-0.4, -0.2) is 57.9 Å². The van der Waals surface area contributed by atoms with E-state index in [1.165, 1.54) is 0 Å². The zero-order chi connectivity index (χ0) is 19.0. The molecule has 7 heteroatoms. The van der Waals surface area contributed by atoms with Crippen molar-refractivity contribution in [1.82, 2.24) is 10.2 Å². The number of rotatable bonds is 6. The number of ether oxygens (including phenoxy) is 1. The predicted octanol–water partition coefficient (Wildman–Crippen LogP) is 3.66. The standard InChI is InChI=1S/C20H33N3O2S.HI/c1-5-21-19(22-13-16-26(24)20(2,3)4)23-14-11-18(12-15-23)25-17-9-7-6-8-10-17;/h6-10,18H,5,11-16H2,1-4H3,(H,21,22);1H. The molecule has 1 aliphatic heterocycles. The van der Waals surface area contributed by atoms with Crippen molar-refractivity contribution in [2.24, 2.45) is 4.99 Å². The molecule has 154 valence electrons. The van der Waals surface area contributed by atoms with Gasteiger partial charge in [0.05, 0.1) is 6.54 Å². The van der Waals surface area contributed by atoms with Crippen LogP contribution in [0, 0.1) is 0 Å². The maximum Gasteiger partial charge on any atom is 0.193 e. The quantitative estimate of drug-likeness (QED) is 0.363. The molecule has 1 saturated heterocycles. The van der Waals surface area contributed by atoms with Crippen molar-refractivity contribution in [3.63, 3.8) is 0 Å². The van der Waals surface area contributed by atoms with E-state index in [2.05, 4.69) is 17.1 Å². The first-order valence-electron chi connectivity index (χ1n) is 9.53. The normalized spacial score (nSPS) is 17.2. The fourth-order valence-corrected chi connectivity index (χ4v) is 3.71. The van der Waals surface area contributed by atoms with Crippen molar-refractivity contribution >= 4 is 40.7 Å². The topological polar surface area (TPSA) is 53.9 Å². The van der Waals surface area contributed by atoms with E-state index in [9.17, 15) is 4.21 Å². The van der Waals surface area contributed by atoms with E-state index in [1.807, 2.05) is 51.1 Å². The number of guanidine groups is 1. The van der Waals surface area contributed by atoms with Crippen molar-refractivity contribution in [1.29, 1.82) is 0 Å². The number of hydrogen-bond acceptors (Lipinski definition) is 3. The fourth-order valence-electron chi connectivity index (χ4n) is 2.84. The Hall–Kier alpha value is -0.830. The van der Waals surface area contributed by atoms with Gasteiger partial charge in [-0.3, -0.25) is 9.20 Å². The maximum atomic E-state index is 12.2. The number of piperidine rings is 1. The van der Waals surface area contributed by atoms with Crippen LogP contribution in [0.1, 0.15) is 40.5 Å². The maximum absolute atomic E-state index is 12.2. The molecule has 0 aromatic heterocycles. The lowest BCUT2D eigenvalue weighted by atomic mass is 10.1. The van der Waals surface area contributed by atoms with Crippen molar-refractivity contribution in [2.45, 2.75) is 51.4 Å². The number of nitrogens with zero attached hydrogens (tertiary/aromatic N) is 2. The first-order chi connectivity index (χ1) is 12.4. The van der Waals surface area contributed by atoms with Crippen molar-refractivity contribution < 1.29 is 8.95 Å². The molecule has 27 heavy (non-hydrogen) atoms. The minimum Gasteiger partial charge on any atom is -0.490 e. The third kappa shape index (κ3) is 8.37. The number of likely N-dealkylation sites (tertiary alicyclic amines) is 1. The lowest BCUT2D eigenvalue weighted by Gasteiger charge is -2.34. The number of nitrogens with one attached hydrogen (secondary N) is 1. The van der Waals surface area contributed by atoms with Gasteiger partial charge in [-0.2, -0.15) is 0 Å². The SMILES string of the molecule is CCNC(=NCCS(=O)C(C)(C)C)N1CCC(Oc2ccccc2)CC1.I. The molecule has 0 bridgehead atoms. The molecule has 0 radical (unpaired) electrons. The highest BCUT2D eigenvalue weighted by atomic mass is 127. The molecule has 1 aromatic carbocycles. The second-order valence-electron chi connectivity index (χ2n) is 7.51. The van der Waals surface area contributed by atoms with Crippen LogP contribution < -0.4 is 10.1 Å². The van der Waals surface area contributed by atoms with Crippen LogP contribution in [-0.2, 0) is 10.8 Å². The van der Waals surface area contributed by atoms with Crippen LogP contribution in [0.15, 0.2) is 35.3 Å². The molecule has 1 N–H and O–H groups in total. The van der Waals surface area contributed by atoms with Gasteiger partial charge in [0.2, 0.25) is 0 Å². The van der Waals surface area contributed by atoms with Crippen LogP contribution in [0.3, 0.4) is 0 Å². The summed E-state index contributed by atoms with van der Waals surface area (Å²) in [4.78, 5) is 6.98. The Labute approximate surface area is 183 Å². The highest BCUT2D eigenvalue weighted by Crippen LogP contribution is 2.18. The van der Waals surface area contributed by atoms with Gasteiger partial charge in [-0.05, 0) is 39.8 Å². The molecule has 0 aliphatic carbocycles. The summed E-state index contributed by atoms with van der Waals surface area (Å²) in [5, 5.41) is 3.37. The average Bonchev–Trinajstić information content (AvgIpc) is 2.62. The van der Waals surface area contributed by atoms with Gasteiger partial charge >= 0.3 is 0 Å². The van der Waals surface area contributed by atoms with Gasteiger partial charge in [-0.1, -0.05) is 18.2 Å². The van der Waals surface area contributed by atoms with Gasteiger partial charge in [-0.25, -0.2) is 0 Å². The number of halogens is 1. The van der Waals surface area contributed by atoms with Crippen LogP contribution in [0.2, 0.25) is 0 Å². The second kappa shape index (κ2) is 11.9. The van der Waals surface area contributed by atoms with E-state index in [0.717, 1.165) is 44.2 Å². The monoisotopic (exact) mass is 507 g/mol. The minimum absolute atomic E-state index is 0. The molecule has 1 unspecified atom stereocenters. The van der Waals surface area contributed by atoms with Gasteiger partial charge in [0.1, 0.15) is 11.9 Å². The Morgan fingerprint density at radius 2 is 1.89 bits per heavy atom. The van der Waals surface area contributed by atoms with Crippen molar-refractivity contribution in [3.8, 4) is 5.75 Å². The van der Waals surface area contributed by atoms with Crippen molar-refractivity contribution in [3.05, 3.63) is 30.3 Å². The molecule has 0 saturated carbocycles. The van der Waals surface area contributed by atoms with Crippen LogP contribution >= 0.6 is 24.0 Å². The smallest absolute Gasteiger partial charge is 0.193 e. The van der Waals surface area contributed by atoms with Gasteiger partial charge in [0, 0.05) is 53.8 Å². The van der Waals surface area contributed by atoms with E-state index in [0.29, 0.717) is 12.3 Å². The Morgan fingerprint density at radius 1 is 1.26 bits per heavy atom. The molecular weight excluding hydrogens is 473 g/mol. The average molecular weight is 507 g/mol. The molecule has 2 rings (SSSR count). The number of benzene rings is 1. The Bertz CT molecular complexity index is 597. The lowest BCUT2D eigenvalue weighted by Crippen LogP contribution is -2.47. The van der Waals surface area contributed by atoms with E-state index in [1.54, 1.807) is 0 Å². The number of para-hydroxylation sites is 1. The highest BCUT2D eigenvalue weighted by molar-refractivity contribution is 14.0. The summed E-state index contributed by atoms with van der Waals surface area (Å²) in [5.74, 6) is 2.47. The predicted molar refractivity (Wildman–Crippen MR) is 126 cm³/mol. The number of hydrogen-bond donors (Lipinski definition) is 1. The summed E-state index contributed by atoms with van der Waals surface area (Å²) < 4.78 is 18.1. The van der Waals surface area contributed by atoms with Gasteiger partial charge in [-0.15, -0.1) is 24.0 Å². The molecule has 1 fully saturated rings. The van der Waals surface area contributed by atoms with E-state index < -0.39 is 10.8 Å². The molecule has 1 atom stereocenters. The molecule has 1 aliphatic rings. The molecule has 5 nitrogen and oxygen atoms in total. The molecular formula is C20H34IN3O2S. The Kier molecular flexibility index (Phi) is 10.7. The summed E-state index contributed by atoms with van der Waals surface area (Å²) in [5.41, 5.74) is 0. The minimum atomic E-state index is -0.864. The summed E-state index contributed by atoms with van der Waals surface area (Å²) >= 11 is 0. The molecule has 0 spiro atoms. The highest BCUT2D eigenvalue weighted by Gasteiger charge is 2.23. The molecule has 0 amide bonds. The zero-order valence-electron chi connectivity index (χ0n) is 16.9. The Morgan fingerprint density at radius 3 is 2.44 bits per heavy atom. The van der Waals surface area contributed by atoms with Crippen LogP contribution in [0.4, 0.5) is 0 Å². The summed E-state index contributed by atoms with van der Waals surface area (Å²) in [6.07, 6.45) is 2.21. The summed E-state index contributed by atoms with van der Waals surface area (Å²) in [6.45, 7) is 11.4. The van der Waals surface area contributed by atoms with Gasteiger partial charge in [0.15, 0.2) is 5.96 Å². The van der Waals surface area contributed by atoms with Crippen LogP contribution in [0.5, 0.6) is 5.75 Å². The fraction of sp³-hybridized carbons (Fsp3) is 0.650. The lowest BCUT2D eigenvalue weighted by molar-refractivity contribution is 0.129. The third-order valence-electron chi connectivity index (χ3n) is 4.34. The second-order valence-corrected chi connectivity index (χ2v) is 9.84. The van der Waals surface area contributed by atoms with E-state index >= 15 is 0 Å². The Balaban J connectivity index is 0.00000364. The molecule has 1 heterocycles. The van der Waals surface area contributed by atoms with Gasteiger partial charge in [0.25, 0.3) is 0 Å². The first-order valence-corrected chi connectivity index (χ1v) is 10.9. The van der Waals surface area contributed by atoms with Crippen molar-refractivity contribution in [2.75, 3.05) is 31.9 Å². The largest absolute Gasteiger partial charge is 0.490 e. The summed E-state index contributed by atoms with van der Waals surface area (Å²) in [7, 11) is -0.864.